The molecule has 2 aliphatic carbocycles. The van der Waals surface area contributed by atoms with Gasteiger partial charge in [0.2, 0.25) is 0 Å². The van der Waals surface area contributed by atoms with Crippen LogP contribution in [-0.2, 0) is 38.1 Å². The van der Waals surface area contributed by atoms with Crippen LogP contribution in [0.4, 0.5) is 38.0 Å². The van der Waals surface area contributed by atoms with Crippen LogP contribution < -0.4 is 10.0 Å². The van der Waals surface area contributed by atoms with E-state index in [1.807, 2.05) is 0 Å². The van der Waals surface area contributed by atoms with Crippen molar-refractivity contribution in [3.05, 3.63) is 81.0 Å². The van der Waals surface area contributed by atoms with E-state index in [1.54, 1.807) is 6.08 Å². The lowest BCUT2D eigenvalue weighted by atomic mass is 9.58. The average Bonchev–Trinajstić information content (AvgIpc) is 3.75. The van der Waals surface area contributed by atoms with E-state index >= 15 is 0 Å². The lowest BCUT2D eigenvalue weighted by Gasteiger charge is -2.42. The van der Waals surface area contributed by atoms with E-state index in [9.17, 15) is 50.6 Å². The molecule has 3 aromatic rings. The Bertz CT molecular complexity index is 2090. The summed E-state index contributed by atoms with van der Waals surface area (Å²) < 4.78 is 87.2. The van der Waals surface area contributed by atoms with Crippen LogP contribution in [-0.4, -0.2) is 62.8 Å². The van der Waals surface area contributed by atoms with Crippen LogP contribution >= 0.6 is 23.2 Å². The predicted octanol–water partition coefficient (Wildman–Crippen LogP) is 5.65. The van der Waals surface area contributed by atoms with Crippen molar-refractivity contribution >= 4 is 58.5 Å². The van der Waals surface area contributed by atoms with Crippen molar-refractivity contribution in [1.82, 2.24) is 20.0 Å². The number of hydrazine groups is 2. The van der Waals surface area contributed by atoms with E-state index in [2.05, 4.69) is 9.97 Å². The minimum absolute atomic E-state index is 0.0356. The number of pyridine rings is 2. The second-order valence-electron chi connectivity index (χ2n) is 13.0. The molecule has 280 valence electrons. The monoisotopic (exact) mass is 786 g/mol. The minimum atomic E-state index is -4.88. The Kier molecular flexibility index (Phi) is 8.80. The van der Waals surface area contributed by atoms with E-state index in [4.69, 9.17) is 27.6 Å². The molecule has 3 fully saturated rings. The number of hydrogen-bond donors (Lipinski definition) is 1. The van der Waals surface area contributed by atoms with E-state index < -0.39 is 101 Å². The molecule has 4 aliphatic rings. The van der Waals surface area contributed by atoms with E-state index in [0.29, 0.717) is 27.7 Å². The van der Waals surface area contributed by atoms with E-state index in [1.165, 1.54) is 12.1 Å². The zero-order valence-electron chi connectivity index (χ0n) is 27.3. The fourth-order valence-electron chi connectivity index (χ4n) is 7.93. The first-order valence-corrected chi connectivity index (χ1v) is 16.7. The van der Waals surface area contributed by atoms with Gasteiger partial charge < -0.3 is 9.52 Å². The largest absolute Gasteiger partial charge is 0.463 e. The molecule has 0 aromatic carbocycles. The van der Waals surface area contributed by atoms with Crippen molar-refractivity contribution in [3.8, 4) is 0 Å². The van der Waals surface area contributed by atoms with Gasteiger partial charge in [-0.2, -0.15) is 36.4 Å². The summed E-state index contributed by atoms with van der Waals surface area (Å²) in [5.41, 5.74) is -2.17. The lowest BCUT2D eigenvalue weighted by molar-refractivity contribution is -0.143. The first-order valence-electron chi connectivity index (χ1n) is 15.9. The summed E-state index contributed by atoms with van der Waals surface area (Å²) in [6, 6.07) is 6.09. The van der Waals surface area contributed by atoms with Crippen LogP contribution in [0, 0.1) is 29.6 Å². The number of carbonyl (C=O) groups excluding carboxylic acids is 4. The summed E-state index contributed by atoms with van der Waals surface area (Å²) in [6.45, 7) is -0.518. The Morgan fingerprint density at radius 3 is 1.75 bits per heavy atom. The number of aliphatic hydroxyl groups excluding tert-OH is 1. The number of hydrogen-bond acceptors (Lipinski definition) is 10. The summed E-state index contributed by atoms with van der Waals surface area (Å²) in [5, 5.41) is 12.2. The Labute approximate surface area is 305 Å². The van der Waals surface area contributed by atoms with Gasteiger partial charge in [-0.05, 0) is 55.2 Å². The highest BCUT2D eigenvalue weighted by Crippen LogP contribution is 2.58. The van der Waals surface area contributed by atoms with Gasteiger partial charge in [0.25, 0.3) is 23.6 Å². The van der Waals surface area contributed by atoms with Gasteiger partial charge in [0.1, 0.15) is 29.5 Å². The first-order chi connectivity index (χ1) is 24.8. The maximum atomic E-state index is 14.3. The Hall–Kier alpha value is -4.68. The van der Waals surface area contributed by atoms with Gasteiger partial charge in [-0.25, -0.2) is 9.97 Å². The molecule has 1 saturated carbocycles. The molecular formula is C33H26Cl2F6N6O6. The number of aliphatic hydroxyl groups is 1. The number of furan rings is 1. The van der Waals surface area contributed by atoms with Gasteiger partial charge in [-0.15, -0.1) is 0 Å². The summed E-state index contributed by atoms with van der Waals surface area (Å²) in [7, 11) is 2.31. The number of fused-ring (bicyclic) bond motifs is 4. The highest BCUT2D eigenvalue weighted by atomic mass is 35.5. The summed E-state index contributed by atoms with van der Waals surface area (Å²) in [6.07, 6.45) is -8.29. The molecule has 0 spiro atoms. The molecule has 0 bridgehead atoms. The average molecular weight is 788 g/mol. The van der Waals surface area contributed by atoms with Crippen molar-refractivity contribution in [2.24, 2.45) is 29.6 Å². The fraction of sp³-hybridized carbons (Fsp3) is 0.394. The van der Waals surface area contributed by atoms with E-state index in [-0.39, 0.29) is 34.4 Å². The molecular weight excluding hydrogens is 761 g/mol. The minimum Gasteiger partial charge on any atom is -0.463 e. The van der Waals surface area contributed by atoms with Crippen molar-refractivity contribution in [2.45, 2.75) is 37.7 Å². The second-order valence-corrected chi connectivity index (χ2v) is 13.8. The fourth-order valence-corrected chi connectivity index (χ4v) is 8.39. The molecule has 20 heteroatoms. The number of alkyl halides is 6. The predicted molar refractivity (Wildman–Crippen MR) is 171 cm³/mol. The van der Waals surface area contributed by atoms with Gasteiger partial charge in [-0.1, -0.05) is 34.9 Å². The third-order valence-electron chi connectivity index (χ3n) is 10.2. The third-order valence-corrected chi connectivity index (χ3v) is 10.8. The number of amides is 4. The maximum Gasteiger partial charge on any atom is 0.433 e. The molecule has 7 rings (SSSR count). The number of halogens is 8. The number of anilines is 2. The summed E-state index contributed by atoms with van der Waals surface area (Å²) in [4.78, 5) is 63.7. The molecule has 2 saturated heterocycles. The zero-order valence-corrected chi connectivity index (χ0v) is 28.8. The number of aromatic nitrogens is 2. The summed E-state index contributed by atoms with van der Waals surface area (Å²) >= 11 is 12.4. The Balaban J connectivity index is 1.27. The van der Waals surface area contributed by atoms with Crippen LogP contribution in [0.1, 0.15) is 41.7 Å². The molecule has 3 aromatic heterocycles. The maximum absolute atomic E-state index is 14.3. The van der Waals surface area contributed by atoms with Crippen LogP contribution in [0.15, 0.2) is 52.5 Å². The normalized spacial score (nSPS) is 25.8. The zero-order chi connectivity index (χ0) is 38.5. The molecule has 5 heterocycles. The van der Waals surface area contributed by atoms with Crippen LogP contribution in [0.5, 0.6) is 0 Å². The first kappa shape index (κ1) is 36.7. The SMILES string of the molecule is CN(c1nc(C(F)(F)F)ccc1Cl)N1C(=O)[C@H]2[C@H](CC=C3[C@H]2C[C@H]2C(=O)N(N(C)c4nc(C(F)(F)F)ccc4Cl)C(=O)[C@H]2[C@H]3c2ccc(CO)o2)C1=O. The quantitative estimate of drug-likeness (QED) is 0.190. The van der Waals surface area contributed by atoms with Crippen LogP contribution in [0.3, 0.4) is 0 Å². The van der Waals surface area contributed by atoms with Gasteiger partial charge in [0.05, 0.1) is 39.6 Å². The van der Waals surface area contributed by atoms with Gasteiger partial charge >= 0.3 is 12.4 Å². The lowest BCUT2D eigenvalue weighted by Crippen LogP contribution is -2.46. The van der Waals surface area contributed by atoms with Crippen molar-refractivity contribution in [3.63, 3.8) is 0 Å². The number of carbonyl (C=O) groups is 4. The Morgan fingerprint density at radius 1 is 0.755 bits per heavy atom. The van der Waals surface area contributed by atoms with E-state index in [0.717, 1.165) is 36.2 Å². The second kappa shape index (κ2) is 12.7. The third kappa shape index (κ3) is 5.81. The van der Waals surface area contributed by atoms with Crippen molar-refractivity contribution < 1.29 is 55.0 Å². The Morgan fingerprint density at radius 2 is 1.26 bits per heavy atom. The smallest absolute Gasteiger partial charge is 0.433 e. The topological polar surface area (TPSA) is 140 Å². The van der Waals surface area contributed by atoms with Crippen molar-refractivity contribution in [2.75, 3.05) is 24.1 Å². The highest BCUT2D eigenvalue weighted by molar-refractivity contribution is 6.33. The molecule has 53 heavy (non-hydrogen) atoms. The van der Waals surface area contributed by atoms with Gasteiger partial charge in [-0.3, -0.25) is 29.2 Å². The molecule has 6 atom stereocenters. The number of imide groups is 2. The van der Waals surface area contributed by atoms with Gasteiger partial charge in [0.15, 0.2) is 11.6 Å². The standard InChI is InChI=1S/C33H26Cl2F6N6O6/c1-44(26-18(34)6-9-21(42-26)32(36,37)38)46-28(49)15-5-4-14-16(23(15)30(46)51)11-17-25(24(14)20-8-3-13(12-48)53-20)31(52)47(29(17)50)45(2)27-19(35)7-10-22(43-27)33(39,40)41/h3-4,6-10,15-17,23-25,48H,5,11-12H2,1-2H3/t15-,16+,17+,23-,24+,25+/m0/s1. The molecule has 0 unspecified atom stereocenters. The van der Waals surface area contributed by atoms with Crippen LogP contribution in [0.2, 0.25) is 10.0 Å². The number of rotatable bonds is 6. The van der Waals surface area contributed by atoms with Crippen LogP contribution in [0.25, 0.3) is 0 Å². The number of nitrogens with zero attached hydrogens (tertiary/aromatic N) is 6. The number of allylic oxidation sites excluding steroid dienone is 2. The molecule has 12 nitrogen and oxygen atoms in total. The van der Waals surface area contributed by atoms with Gasteiger partial charge in [0, 0.05) is 14.1 Å². The summed E-state index contributed by atoms with van der Waals surface area (Å²) in [5.74, 6) is -10.5. The molecule has 4 amide bonds. The molecule has 2 aliphatic heterocycles. The highest BCUT2D eigenvalue weighted by Gasteiger charge is 2.64. The van der Waals surface area contributed by atoms with Crippen molar-refractivity contribution in [1.29, 1.82) is 0 Å². The molecule has 1 N–H and O–H groups in total. The molecule has 0 radical (unpaired) electrons.